The minimum Gasteiger partial charge on any atom is -0.432 e. The summed E-state index contributed by atoms with van der Waals surface area (Å²) in [5.74, 6) is -1.15. The van der Waals surface area contributed by atoms with Gasteiger partial charge in [-0.1, -0.05) is 0 Å². The van der Waals surface area contributed by atoms with Crippen LogP contribution >= 0.6 is 11.6 Å². The van der Waals surface area contributed by atoms with Gasteiger partial charge in [-0.05, 0) is 13.3 Å². The highest BCUT2D eigenvalue weighted by molar-refractivity contribution is 6.29. The molecule has 0 radical (unpaired) electrons. The van der Waals surface area contributed by atoms with E-state index in [2.05, 4.69) is 0 Å². The smallest absolute Gasteiger partial charge is 0.326 e. The fourth-order valence-electron chi connectivity index (χ4n) is 1.13. The first-order chi connectivity index (χ1) is 5.53. The molecule has 2 unspecified atom stereocenters. The van der Waals surface area contributed by atoms with Crippen molar-refractivity contribution >= 4 is 17.6 Å². The summed E-state index contributed by atoms with van der Waals surface area (Å²) in [6.07, 6.45) is 1.68. The number of carbonyl (C=O) groups is 1. The fraction of sp³-hybridized carbons (Fsp3) is 0.875. The van der Waals surface area contributed by atoms with Gasteiger partial charge in [0.25, 0.3) is 0 Å². The van der Waals surface area contributed by atoms with Crippen molar-refractivity contribution in [2.24, 2.45) is 0 Å². The summed E-state index contributed by atoms with van der Waals surface area (Å²) in [7, 11) is 0. The molecule has 0 aliphatic carbocycles. The van der Waals surface area contributed by atoms with Crippen molar-refractivity contribution in [1.82, 2.24) is 0 Å². The molecule has 0 aromatic heterocycles. The normalized spacial score (nSPS) is 31.6. The van der Waals surface area contributed by atoms with Crippen LogP contribution in [0.4, 0.5) is 0 Å². The third kappa shape index (κ3) is 2.35. The summed E-state index contributed by atoms with van der Waals surface area (Å²) >= 11 is 5.54. The van der Waals surface area contributed by atoms with Gasteiger partial charge in [0.2, 0.25) is 5.79 Å². The van der Waals surface area contributed by atoms with E-state index >= 15 is 0 Å². The van der Waals surface area contributed by atoms with E-state index in [0.717, 1.165) is 12.8 Å². The molecule has 1 aliphatic rings. The highest BCUT2D eigenvalue weighted by atomic mass is 35.5. The lowest BCUT2D eigenvalue weighted by atomic mass is 10.2. The van der Waals surface area contributed by atoms with Crippen molar-refractivity contribution in [2.75, 3.05) is 6.61 Å². The van der Waals surface area contributed by atoms with Gasteiger partial charge >= 0.3 is 5.97 Å². The van der Waals surface area contributed by atoms with Gasteiger partial charge in [-0.2, -0.15) is 0 Å². The number of carbonyl (C=O) groups excluding carboxylic acids is 1. The third-order valence-corrected chi connectivity index (χ3v) is 2.00. The number of halogens is 1. The summed E-state index contributed by atoms with van der Waals surface area (Å²) in [5.41, 5.74) is 0. The number of alkyl halides is 1. The minimum atomic E-state index is -0.736. The Kier molecular flexibility index (Phi) is 2.96. The first-order valence-corrected chi connectivity index (χ1v) is 4.48. The lowest BCUT2D eigenvalue weighted by Crippen LogP contribution is -2.33. The molecule has 4 heteroatoms. The van der Waals surface area contributed by atoms with Gasteiger partial charge in [0, 0.05) is 13.3 Å². The van der Waals surface area contributed by atoms with Crippen molar-refractivity contribution in [3.05, 3.63) is 0 Å². The SMILES string of the molecule is CC(Cl)C(=O)OC1(C)CCCO1. The Morgan fingerprint density at radius 2 is 2.42 bits per heavy atom. The van der Waals surface area contributed by atoms with Crippen LogP contribution in [0.3, 0.4) is 0 Å². The molecule has 0 aromatic rings. The molecule has 0 saturated carbocycles. The Morgan fingerprint density at radius 3 is 2.83 bits per heavy atom. The van der Waals surface area contributed by atoms with E-state index in [-0.39, 0.29) is 0 Å². The second kappa shape index (κ2) is 3.62. The zero-order valence-corrected chi connectivity index (χ0v) is 8.06. The van der Waals surface area contributed by atoms with Crippen molar-refractivity contribution in [3.8, 4) is 0 Å². The number of rotatable bonds is 2. The second-order valence-electron chi connectivity index (χ2n) is 3.12. The second-order valence-corrected chi connectivity index (χ2v) is 3.78. The van der Waals surface area contributed by atoms with E-state index in [9.17, 15) is 4.79 Å². The van der Waals surface area contributed by atoms with Crippen molar-refractivity contribution in [2.45, 2.75) is 37.9 Å². The average Bonchev–Trinajstić information content (AvgIpc) is 2.35. The summed E-state index contributed by atoms with van der Waals surface area (Å²) in [6.45, 7) is 4.00. The molecule has 0 aromatic carbocycles. The van der Waals surface area contributed by atoms with E-state index < -0.39 is 17.1 Å². The van der Waals surface area contributed by atoms with Gasteiger partial charge in [-0.15, -0.1) is 11.6 Å². The highest BCUT2D eigenvalue weighted by Crippen LogP contribution is 2.26. The molecule has 1 rings (SSSR count). The number of hydrogen-bond donors (Lipinski definition) is 0. The van der Waals surface area contributed by atoms with Crippen LogP contribution in [0.15, 0.2) is 0 Å². The van der Waals surface area contributed by atoms with E-state index in [4.69, 9.17) is 21.1 Å². The Labute approximate surface area is 77.0 Å². The van der Waals surface area contributed by atoms with Crippen LogP contribution < -0.4 is 0 Å². The average molecular weight is 193 g/mol. The number of ether oxygens (including phenoxy) is 2. The lowest BCUT2D eigenvalue weighted by molar-refractivity contribution is -0.205. The Morgan fingerprint density at radius 1 is 1.75 bits per heavy atom. The summed E-state index contributed by atoms with van der Waals surface area (Å²) in [5, 5.41) is -0.606. The van der Waals surface area contributed by atoms with E-state index in [0.29, 0.717) is 6.61 Å². The largest absolute Gasteiger partial charge is 0.432 e. The lowest BCUT2D eigenvalue weighted by Gasteiger charge is -2.23. The maximum absolute atomic E-state index is 11.1. The Hall–Kier alpha value is -0.280. The molecule has 0 amide bonds. The zero-order valence-electron chi connectivity index (χ0n) is 7.30. The van der Waals surface area contributed by atoms with Gasteiger partial charge in [-0.25, -0.2) is 0 Å². The molecular weight excluding hydrogens is 180 g/mol. The third-order valence-electron chi connectivity index (χ3n) is 1.82. The van der Waals surface area contributed by atoms with Crippen molar-refractivity contribution < 1.29 is 14.3 Å². The quantitative estimate of drug-likeness (QED) is 0.493. The fourth-order valence-corrected chi connectivity index (χ4v) is 1.17. The Balaban J connectivity index is 2.44. The molecule has 0 spiro atoms. The maximum atomic E-state index is 11.1. The summed E-state index contributed by atoms with van der Waals surface area (Å²) in [4.78, 5) is 11.1. The molecule has 70 valence electrons. The molecule has 1 aliphatic heterocycles. The van der Waals surface area contributed by atoms with Crippen LogP contribution in [0.5, 0.6) is 0 Å². The molecule has 12 heavy (non-hydrogen) atoms. The van der Waals surface area contributed by atoms with E-state index in [1.54, 1.807) is 13.8 Å². The van der Waals surface area contributed by atoms with Gasteiger partial charge in [-0.3, -0.25) is 4.79 Å². The molecular formula is C8H13ClO3. The predicted molar refractivity (Wildman–Crippen MR) is 45.0 cm³/mol. The van der Waals surface area contributed by atoms with Gasteiger partial charge in [0.05, 0.1) is 6.61 Å². The van der Waals surface area contributed by atoms with Crippen molar-refractivity contribution in [1.29, 1.82) is 0 Å². The number of esters is 1. The van der Waals surface area contributed by atoms with Crippen LogP contribution in [0, 0.1) is 0 Å². The summed E-state index contributed by atoms with van der Waals surface area (Å²) in [6, 6.07) is 0. The predicted octanol–water partition coefficient (Wildman–Crippen LogP) is 1.68. The molecule has 2 atom stereocenters. The van der Waals surface area contributed by atoms with Gasteiger partial charge in [0.1, 0.15) is 5.38 Å². The van der Waals surface area contributed by atoms with Crippen LogP contribution in [0.25, 0.3) is 0 Å². The standard InChI is InChI=1S/C8H13ClO3/c1-6(9)7(10)12-8(2)4-3-5-11-8/h6H,3-5H2,1-2H3. The van der Waals surface area contributed by atoms with E-state index in [1.165, 1.54) is 0 Å². The summed E-state index contributed by atoms with van der Waals surface area (Å²) < 4.78 is 10.3. The first-order valence-electron chi connectivity index (χ1n) is 4.04. The van der Waals surface area contributed by atoms with Crippen LogP contribution in [-0.4, -0.2) is 23.7 Å². The first kappa shape index (κ1) is 9.81. The van der Waals surface area contributed by atoms with Gasteiger partial charge in [0.15, 0.2) is 0 Å². The van der Waals surface area contributed by atoms with Crippen LogP contribution in [-0.2, 0) is 14.3 Å². The van der Waals surface area contributed by atoms with Gasteiger partial charge < -0.3 is 9.47 Å². The van der Waals surface area contributed by atoms with Crippen LogP contribution in [0.1, 0.15) is 26.7 Å². The van der Waals surface area contributed by atoms with E-state index in [1.807, 2.05) is 0 Å². The molecule has 3 nitrogen and oxygen atoms in total. The maximum Gasteiger partial charge on any atom is 0.326 e. The molecule has 1 heterocycles. The molecule has 0 bridgehead atoms. The monoisotopic (exact) mass is 192 g/mol. The molecule has 1 saturated heterocycles. The Bertz CT molecular complexity index is 173. The number of hydrogen-bond acceptors (Lipinski definition) is 3. The zero-order chi connectivity index (χ0) is 9.19. The highest BCUT2D eigenvalue weighted by Gasteiger charge is 2.34. The molecule has 0 N–H and O–H groups in total. The topological polar surface area (TPSA) is 35.5 Å². The van der Waals surface area contributed by atoms with Crippen LogP contribution in [0.2, 0.25) is 0 Å². The van der Waals surface area contributed by atoms with Crippen molar-refractivity contribution in [3.63, 3.8) is 0 Å². The molecule has 1 fully saturated rings. The minimum absolute atomic E-state index is 0.416.